The lowest BCUT2D eigenvalue weighted by atomic mass is 10.0. The van der Waals surface area contributed by atoms with E-state index in [1.54, 1.807) is 18.4 Å². The van der Waals surface area contributed by atoms with Crippen LogP contribution in [0, 0.1) is 0 Å². The molecular weight excluding hydrogens is 324 g/mol. The quantitative estimate of drug-likeness (QED) is 0.720. The smallest absolute Gasteiger partial charge is 0.315 e. The summed E-state index contributed by atoms with van der Waals surface area (Å²) in [5.74, 6) is 0. The Bertz CT molecular complexity index is 674. The first-order chi connectivity index (χ1) is 11.6. The van der Waals surface area contributed by atoms with Gasteiger partial charge in [-0.05, 0) is 29.7 Å². The van der Waals surface area contributed by atoms with Gasteiger partial charge < -0.3 is 15.7 Å². The second-order valence-corrected chi connectivity index (χ2v) is 6.78. The van der Waals surface area contributed by atoms with E-state index in [-0.39, 0.29) is 18.7 Å². The largest absolute Gasteiger partial charge is 0.396 e. The molecule has 1 unspecified atom stereocenters. The van der Waals surface area contributed by atoms with Gasteiger partial charge >= 0.3 is 6.03 Å². The van der Waals surface area contributed by atoms with E-state index in [2.05, 4.69) is 10.6 Å². The average molecular weight is 346 g/mol. The molecule has 128 valence electrons. The Morgan fingerprint density at radius 3 is 2.38 bits per heavy atom. The zero-order chi connectivity index (χ0) is 17.4. The number of aliphatic hydroxyl groups excluding tert-OH is 1. The monoisotopic (exact) mass is 346 g/mol. The maximum Gasteiger partial charge on any atom is 0.315 e. The molecule has 0 aliphatic carbocycles. The van der Waals surface area contributed by atoms with Crippen LogP contribution in [0.2, 0.25) is 0 Å². The fourth-order valence-electron chi connectivity index (χ4n) is 2.33. The molecule has 0 fully saturated rings. The Kier molecular flexibility index (Phi) is 6.96. The summed E-state index contributed by atoms with van der Waals surface area (Å²) >= 11 is 0. The molecule has 0 aliphatic heterocycles. The van der Waals surface area contributed by atoms with Crippen molar-refractivity contribution in [3.63, 3.8) is 0 Å². The fraction of sp³-hybridized carbons (Fsp3) is 0.278. The molecule has 2 atom stereocenters. The van der Waals surface area contributed by atoms with Crippen LogP contribution in [0.25, 0.3) is 0 Å². The highest BCUT2D eigenvalue weighted by Gasteiger charge is 2.13. The van der Waals surface area contributed by atoms with Crippen LogP contribution in [0.3, 0.4) is 0 Å². The molecule has 0 radical (unpaired) electrons. The molecule has 0 spiro atoms. The number of benzene rings is 2. The summed E-state index contributed by atoms with van der Waals surface area (Å²) in [6, 6.07) is 16.3. The van der Waals surface area contributed by atoms with E-state index in [9.17, 15) is 14.1 Å². The van der Waals surface area contributed by atoms with Crippen molar-refractivity contribution in [1.29, 1.82) is 0 Å². The van der Waals surface area contributed by atoms with Crippen molar-refractivity contribution in [2.75, 3.05) is 12.9 Å². The minimum absolute atomic E-state index is 0.00450. The van der Waals surface area contributed by atoms with E-state index < -0.39 is 10.8 Å². The first-order valence-electron chi connectivity index (χ1n) is 7.72. The maximum absolute atomic E-state index is 12.1. The van der Waals surface area contributed by atoms with Crippen molar-refractivity contribution >= 4 is 16.8 Å². The van der Waals surface area contributed by atoms with Crippen LogP contribution in [0.1, 0.15) is 23.6 Å². The van der Waals surface area contributed by atoms with Gasteiger partial charge in [-0.2, -0.15) is 0 Å². The Hall–Kier alpha value is -2.18. The van der Waals surface area contributed by atoms with Crippen molar-refractivity contribution in [3.05, 3.63) is 65.7 Å². The molecule has 2 aromatic rings. The number of carbonyl (C=O) groups excluding carboxylic acids is 1. The van der Waals surface area contributed by atoms with Crippen molar-refractivity contribution in [3.8, 4) is 0 Å². The van der Waals surface area contributed by atoms with Gasteiger partial charge in [0.15, 0.2) is 0 Å². The molecule has 2 amide bonds. The number of nitrogens with one attached hydrogen (secondary N) is 2. The number of urea groups is 1. The van der Waals surface area contributed by atoms with Crippen LogP contribution in [-0.2, 0) is 17.3 Å². The molecule has 5 nitrogen and oxygen atoms in total. The molecule has 2 aromatic carbocycles. The summed E-state index contributed by atoms with van der Waals surface area (Å²) in [5.41, 5.74) is 1.88. The van der Waals surface area contributed by atoms with Crippen LogP contribution in [0.5, 0.6) is 0 Å². The van der Waals surface area contributed by atoms with Crippen LogP contribution in [-0.4, -0.2) is 28.2 Å². The highest BCUT2D eigenvalue weighted by atomic mass is 32.2. The minimum Gasteiger partial charge on any atom is -0.396 e. The lowest BCUT2D eigenvalue weighted by molar-refractivity contribution is 0.229. The van der Waals surface area contributed by atoms with Crippen molar-refractivity contribution in [2.45, 2.75) is 23.9 Å². The minimum atomic E-state index is -1.00. The molecule has 3 N–H and O–H groups in total. The number of aliphatic hydroxyl groups is 1. The Balaban J connectivity index is 1.90. The van der Waals surface area contributed by atoms with Gasteiger partial charge in [0.05, 0.1) is 6.04 Å². The van der Waals surface area contributed by atoms with Gasteiger partial charge in [-0.15, -0.1) is 0 Å². The summed E-state index contributed by atoms with van der Waals surface area (Å²) in [5, 5.41) is 14.9. The third-order valence-electron chi connectivity index (χ3n) is 3.63. The molecule has 0 saturated carbocycles. The van der Waals surface area contributed by atoms with Crippen LogP contribution < -0.4 is 10.6 Å². The van der Waals surface area contributed by atoms with Gasteiger partial charge in [-0.1, -0.05) is 42.5 Å². The highest BCUT2D eigenvalue weighted by molar-refractivity contribution is 7.84. The third kappa shape index (κ3) is 5.47. The maximum atomic E-state index is 12.1. The summed E-state index contributed by atoms with van der Waals surface area (Å²) in [4.78, 5) is 12.9. The molecule has 0 saturated heterocycles. The molecule has 24 heavy (non-hydrogen) atoms. The third-order valence-corrected chi connectivity index (χ3v) is 4.57. The summed E-state index contributed by atoms with van der Waals surface area (Å²) in [7, 11) is -1.00. The lowest BCUT2D eigenvalue weighted by Crippen LogP contribution is -2.37. The Morgan fingerprint density at radius 2 is 1.79 bits per heavy atom. The van der Waals surface area contributed by atoms with Crippen molar-refractivity contribution in [1.82, 2.24) is 10.6 Å². The zero-order valence-corrected chi connectivity index (χ0v) is 14.4. The van der Waals surface area contributed by atoms with E-state index in [0.29, 0.717) is 13.0 Å². The van der Waals surface area contributed by atoms with Gasteiger partial charge in [-0.25, -0.2) is 4.79 Å². The number of amides is 2. The molecule has 0 bridgehead atoms. The SMILES string of the molecule is CS(=O)c1ccc(CNC(=O)N[C@H](CCO)c2ccccc2)cc1. The van der Waals surface area contributed by atoms with Gasteiger partial charge in [0.2, 0.25) is 0 Å². The van der Waals surface area contributed by atoms with Gasteiger partial charge in [0.1, 0.15) is 0 Å². The zero-order valence-electron chi connectivity index (χ0n) is 13.6. The molecule has 6 heteroatoms. The average Bonchev–Trinajstić information content (AvgIpc) is 2.60. The first-order valence-corrected chi connectivity index (χ1v) is 9.28. The predicted octanol–water partition coefficient (Wildman–Crippen LogP) is 2.35. The van der Waals surface area contributed by atoms with Crippen molar-refractivity contribution in [2.24, 2.45) is 0 Å². The van der Waals surface area contributed by atoms with E-state index in [1.807, 2.05) is 42.5 Å². The van der Waals surface area contributed by atoms with E-state index in [1.165, 1.54) is 0 Å². The summed E-state index contributed by atoms with van der Waals surface area (Å²) in [6.45, 7) is 0.374. The molecule has 2 rings (SSSR count). The lowest BCUT2D eigenvalue weighted by Gasteiger charge is -2.18. The fourth-order valence-corrected chi connectivity index (χ4v) is 2.85. The van der Waals surface area contributed by atoms with E-state index >= 15 is 0 Å². The Labute approximate surface area is 144 Å². The first kappa shape index (κ1) is 18.2. The summed E-state index contributed by atoms with van der Waals surface area (Å²) in [6.07, 6.45) is 2.08. The standard InChI is InChI=1S/C18H22N2O3S/c1-24(23)16-9-7-14(8-10-16)13-19-18(22)20-17(11-12-21)15-5-3-2-4-6-15/h2-10,17,21H,11-13H2,1H3,(H2,19,20,22)/t17-,24?/m1/s1. The normalized spacial score (nSPS) is 13.1. The Morgan fingerprint density at radius 1 is 1.12 bits per heavy atom. The van der Waals surface area contributed by atoms with Crippen molar-refractivity contribution < 1.29 is 14.1 Å². The van der Waals surface area contributed by atoms with Crippen LogP contribution >= 0.6 is 0 Å². The number of carbonyl (C=O) groups is 1. The van der Waals surface area contributed by atoms with Gasteiger partial charge in [0.25, 0.3) is 0 Å². The number of rotatable bonds is 7. The summed E-state index contributed by atoms with van der Waals surface area (Å²) < 4.78 is 11.4. The van der Waals surface area contributed by atoms with Crippen LogP contribution in [0.15, 0.2) is 59.5 Å². The number of hydrogen-bond donors (Lipinski definition) is 3. The molecule has 0 aliphatic rings. The second-order valence-electron chi connectivity index (χ2n) is 5.40. The molecule has 0 heterocycles. The van der Waals surface area contributed by atoms with Crippen LogP contribution in [0.4, 0.5) is 4.79 Å². The van der Waals surface area contributed by atoms with Gasteiger partial charge in [-0.3, -0.25) is 4.21 Å². The van der Waals surface area contributed by atoms with Gasteiger partial charge in [0, 0.05) is 35.1 Å². The molecule has 0 aromatic heterocycles. The van der Waals surface area contributed by atoms with E-state index in [4.69, 9.17) is 0 Å². The van der Waals surface area contributed by atoms with E-state index in [0.717, 1.165) is 16.0 Å². The predicted molar refractivity (Wildman–Crippen MR) is 95.0 cm³/mol. The number of hydrogen-bond acceptors (Lipinski definition) is 3. The highest BCUT2D eigenvalue weighted by Crippen LogP contribution is 2.15. The molecular formula is C18H22N2O3S. The topological polar surface area (TPSA) is 78.4 Å². The second kappa shape index (κ2) is 9.20.